The van der Waals surface area contributed by atoms with Crippen LogP contribution in [0.3, 0.4) is 0 Å². The SMILES string of the molecule is CCCCCC(=O)Nc1ccc(-c2csc(N[C@@H](C)c3ccccc3)n2)cc1. The molecule has 0 unspecified atom stereocenters. The second-order valence-corrected chi connectivity index (χ2v) is 7.76. The minimum atomic E-state index is 0.0799. The van der Waals surface area contributed by atoms with Crippen LogP contribution in [0.1, 0.15) is 51.1 Å². The highest BCUT2D eigenvalue weighted by Gasteiger charge is 2.09. The lowest BCUT2D eigenvalue weighted by Crippen LogP contribution is -2.10. The summed E-state index contributed by atoms with van der Waals surface area (Å²) in [6, 6.07) is 18.4. The van der Waals surface area contributed by atoms with Gasteiger partial charge in [0.15, 0.2) is 5.13 Å². The third-order valence-electron chi connectivity index (χ3n) is 4.62. The van der Waals surface area contributed by atoms with Crippen molar-refractivity contribution in [3.05, 3.63) is 65.5 Å². The van der Waals surface area contributed by atoms with Gasteiger partial charge in [0.25, 0.3) is 0 Å². The molecule has 1 amide bonds. The van der Waals surface area contributed by atoms with Gasteiger partial charge in [-0.1, -0.05) is 62.2 Å². The van der Waals surface area contributed by atoms with Crippen molar-refractivity contribution in [2.75, 3.05) is 10.6 Å². The van der Waals surface area contributed by atoms with Gasteiger partial charge in [-0.25, -0.2) is 4.98 Å². The van der Waals surface area contributed by atoms with E-state index in [1.807, 2.05) is 42.5 Å². The molecule has 146 valence electrons. The number of nitrogens with zero attached hydrogens (tertiary/aromatic N) is 1. The third kappa shape index (κ3) is 5.67. The molecule has 3 aromatic rings. The molecule has 4 nitrogen and oxygen atoms in total. The topological polar surface area (TPSA) is 54.0 Å². The van der Waals surface area contributed by atoms with E-state index in [4.69, 9.17) is 4.98 Å². The summed E-state index contributed by atoms with van der Waals surface area (Å²) in [4.78, 5) is 16.6. The number of aromatic nitrogens is 1. The average Bonchev–Trinajstić information content (AvgIpc) is 3.18. The Kier molecular flexibility index (Phi) is 7.20. The van der Waals surface area contributed by atoms with Gasteiger partial charge in [0.2, 0.25) is 5.91 Å². The summed E-state index contributed by atoms with van der Waals surface area (Å²) in [6.45, 7) is 4.27. The van der Waals surface area contributed by atoms with E-state index in [1.54, 1.807) is 11.3 Å². The van der Waals surface area contributed by atoms with Crippen molar-refractivity contribution < 1.29 is 4.79 Å². The molecule has 0 fully saturated rings. The Morgan fingerprint density at radius 2 is 1.82 bits per heavy atom. The predicted octanol–water partition coefficient (Wildman–Crippen LogP) is 6.50. The van der Waals surface area contributed by atoms with Crippen LogP contribution in [0.4, 0.5) is 10.8 Å². The number of anilines is 2. The first-order valence-electron chi connectivity index (χ1n) is 9.83. The number of thiazole rings is 1. The lowest BCUT2D eigenvalue weighted by molar-refractivity contribution is -0.116. The van der Waals surface area contributed by atoms with Gasteiger partial charge in [-0.3, -0.25) is 4.79 Å². The Hall–Kier alpha value is -2.66. The van der Waals surface area contributed by atoms with Crippen LogP contribution >= 0.6 is 11.3 Å². The molecule has 0 bridgehead atoms. The molecule has 0 saturated heterocycles. The molecular weight excluding hydrogens is 366 g/mol. The molecule has 0 aliphatic rings. The van der Waals surface area contributed by atoms with E-state index in [9.17, 15) is 4.79 Å². The van der Waals surface area contributed by atoms with Crippen LogP contribution in [0.5, 0.6) is 0 Å². The summed E-state index contributed by atoms with van der Waals surface area (Å²) in [5, 5.41) is 9.38. The molecule has 2 N–H and O–H groups in total. The van der Waals surface area contributed by atoms with Crippen LogP contribution in [0.15, 0.2) is 60.0 Å². The largest absolute Gasteiger partial charge is 0.355 e. The molecule has 3 rings (SSSR count). The van der Waals surface area contributed by atoms with E-state index in [1.165, 1.54) is 5.56 Å². The van der Waals surface area contributed by atoms with E-state index < -0.39 is 0 Å². The first-order chi connectivity index (χ1) is 13.7. The van der Waals surface area contributed by atoms with Crippen molar-refractivity contribution in [2.24, 2.45) is 0 Å². The monoisotopic (exact) mass is 393 g/mol. The van der Waals surface area contributed by atoms with Gasteiger partial charge in [-0.2, -0.15) is 0 Å². The molecular formula is C23H27N3OS. The summed E-state index contributed by atoms with van der Waals surface area (Å²) in [6.07, 6.45) is 3.73. The second-order valence-electron chi connectivity index (χ2n) is 6.90. The molecule has 5 heteroatoms. The van der Waals surface area contributed by atoms with Crippen molar-refractivity contribution >= 4 is 28.1 Å². The minimum Gasteiger partial charge on any atom is -0.355 e. The van der Waals surface area contributed by atoms with Crippen LogP contribution in [0.25, 0.3) is 11.3 Å². The molecule has 28 heavy (non-hydrogen) atoms. The third-order valence-corrected chi connectivity index (χ3v) is 5.39. The molecule has 0 aliphatic heterocycles. The Bertz CT molecular complexity index is 874. The van der Waals surface area contributed by atoms with Crippen LogP contribution in [0, 0.1) is 0 Å². The summed E-state index contributed by atoms with van der Waals surface area (Å²) in [5.41, 5.74) is 4.05. The zero-order chi connectivity index (χ0) is 19.8. The van der Waals surface area contributed by atoms with E-state index in [0.717, 1.165) is 41.3 Å². The van der Waals surface area contributed by atoms with E-state index in [0.29, 0.717) is 6.42 Å². The quantitative estimate of drug-likeness (QED) is 0.408. The number of hydrogen-bond acceptors (Lipinski definition) is 4. The maximum absolute atomic E-state index is 11.9. The van der Waals surface area contributed by atoms with Gasteiger partial charge >= 0.3 is 0 Å². The highest BCUT2D eigenvalue weighted by Crippen LogP contribution is 2.28. The molecule has 1 aromatic heterocycles. The standard InChI is InChI=1S/C23H27N3OS/c1-3-4-6-11-22(27)25-20-14-12-19(13-15-20)21-16-28-23(26-21)24-17(2)18-9-7-5-8-10-18/h5,7-10,12-17H,3-4,6,11H2,1-2H3,(H,24,26)(H,25,27)/t17-/m0/s1. The highest BCUT2D eigenvalue weighted by atomic mass is 32.1. The van der Waals surface area contributed by atoms with Crippen molar-refractivity contribution in [1.82, 2.24) is 4.98 Å². The number of benzene rings is 2. The molecule has 1 heterocycles. The van der Waals surface area contributed by atoms with Gasteiger partial charge in [0.05, 0.1) is 11.7 Å². The molecule has 0 saturated carbocycles. The van der Waals surface area contributed by atoms with Crippen LogP contribution in [-0.4, -0.2) is 10.9 Å². The summed E-state index contributed by atoms with van der Waals surface area (Å²) < 4.78 is 0. The van der Waals surface area contributed by atoms with E-state index >= 15 is 0 Å². The van der Waals surface area contributed by atoms with Gasteiger partial charge in [-0.15, -0.1) is 11.3 Å². The molecule has 0 aliphatic carbocycles. The van der Waals surface area contributed by atoms with Gasteiger partial charge in [0, 0.05) is 23.1 Å². The zero-order valence-electron chi connectivity index (χ0n) is 16.4. The van der Waals surface area contributed by atoms with Gasteiger partial charge in [0.1, 0.15) is 0 Å². The summed E-state index contributed by atoms with van der Waals surface area (Å²) in [7, 11) is 0. The van der Waals surface area contributed by atoms with Crippen molar-refractivity contribution in [1.29, 1.82) is 0 Å². The minimum absolute atomic E-state index is 0.0799. The van der Waals surface area contributed by atoms with Crippen LogP contribution < -0.4 is 10.6 Å². The number of rotatable bonds is 9. The van der Waals surface area contributed by atoms with Gasteiger partial charge in [-0.05, 0) is 31.0 Å². The zero-order valence-corrected chi connectivity index (χ0v) is 17.3. The maximum Gasteiger partial charge on any atom is 0.224 e. The average molecular weight is 394 g/mol. The first-order valence-corrected chi connectivity index (χ1v) is 10.7. The fourth-order valence-electron chi connectivity index (χ4n) is 2.97. The molecule has 0 radical (unpaired) electrons. The first kappa shape index (κ1) is 20.1. The number of amides is 1. The fraction of sp³-hybridized carbons (Fsp3) is 0.304. The lowest BCUT2D eigenvalue weighted by atomic mass is 10.1. The predicted molar refractivity (Wildman–Crippen MR) is 119 cm³/mol. The van der Waals surface area contributed by atoms with E-state index in [2.05, 4.69) is 42.0 Å². The smallest absolute Gasteiger partial charge is 0.224 e. The Morgan fingerprint density at radius 3 is 2.54 bits per heavy atom. The molecule has 2 aromatic carbocycles. The highest BCUT2D eigenvalue weighted by molar-refractivity contribution is 7.14. The number of unbranched alkanes of at least 4 members (excludes halogenated alkanes) is 2. The number of carbonyl (C=O) groups excluding carboxylic acids is 1. The summed E-state index contributed by atoms with van der Waals surface area (Å²) >= 11 is 1.60. The van der Waals surface area contributed by atoms with E-state index in [-0.39, 0.29) is 11.9 Å². The van der Waals surface area contributed by atoms with Gasteiger partial charge < -0.3 is 10.6 Å². The molecule has 0 spiro atoms. The second kappa shape index (κ2) is 10.0. The van der Waals surface area contributed by atoms with Crippen LogP contribution in [0.2, 0.25) is 0 Å². The number of carbonyl (C=O) groups is 1. The Balaban J connectivity index is 1.58. The lowest BCUT2D eigenvalue weighted by Gasteiger charge is -2.12. The molecule has 1 atom stereocenters. The summed E-state index contributed by atoms with van der Waals surface area (Å²) in [5.74, 6) is 0.0799. The normalized spacial score (nSPS) is 11.8. The van der Waals surface area contributed by atoms with Crippen molar-refractivity contribution in [2.45, 2.75) is 45.6 Å². The maximum atomic E-state index is 11.9. The number of hydrogen-bond donors (Lipinski definition) is 2. The van der Waals surface area contributed by atoms with Crippen molar-refractivity contribution in [3.63, 3.8) is 0 Å². The fourth-order valence-corrected chi connectivity index (χ4v) is 3.77. The van der Waals surface area contributed by atoms with Crippen LogP contribution in [-0.2, 0) is 4.79 Å². The Morgan fingerprint density at radius 1 is 1.07 bits per heavy atom. The Labute approximate surface area is 171 Å². The van der Waals surface area contributed by atoms with Crippen molar-refractivity contribution in [3.8, 4) is 11.3 Å². The number of nitrogens with one attached hydrogen (secondary N) is 2.